The molecule has 2 aromatic heterocycles. The maximum absolute atomic E-state index is 11.3. The van der Waals surface area contributed by atoms with E-state index in [4.69, 9.17) is 12.2 Å². The molecule has 62 valence electrons. The van der Waals surface area contributed by atoms with Gasteiger partial charge in [-0.15, -0.1) is 0 Å². The predicted molar refractivity (Wildman–Crippen MR) is 46.5 cm³/mol. The van der Waals surface area contributed by atoms with Gasteiger partial charge in [0.2, 0.25) is 0 Å². The smallest absolute Gasteiger partial charge is 0.277 e. The van der Waals surface area contributed by atoms with Crippen molar-refractivity contribution in [2.75, 3.05) is 0 Å². The molecule has 0 amide bonds. The zero-order valence-electron chi connectivity index (χ0n) is 6.29. The van der Waals surface area contributed by atoms with Crippen LogP contribution < -0.4 is 5.56 Å². The maximum Gasteiger partial charge on any atom is 0.277 e. The molecule has 2 aromatic rings. The lowest BCUT2D eigenvalue weighted by Crippen LogP contribution is -2.10. The number of nitrogens with zero attached hydrogens (tertiary/aromatic N) is 2. The second-order valence-corrected chi connectivity index (χ2v) is 2.87. The fraction of sp³-hybridized carbons (Fsp3) is 0.167. The van der Waals surface area contributed by atoms with Gasteiger partial charge in [0, 0.05) is 7.05 Å². The molecule has 2 N–H and O–H groups in total. The highest BCUT2D eigenvalue weighted by Crippen LogP contribution is 2.00. The molecule has 0 bridgehead atoms. The van der Waals surface area contributed by atoms with E-state index in [1.54, 1.807) is 17.9 Å². The van der Waals surface area contributed by atoms with E-state index in [9.17, 15) is 4.79 Å². The largest absolute Gasteiger partial charge is 0.328 e. The number of H-pyrrole nitrogens is 2. The molecule has 0 aliphatic heterocycles. The van der Waals surface area contributed by atoms with Crippen molar-refractivity contribution in [1.29, 1.82) is 0 Å². The van der Waals surface area contributed by atoms with Crippen molar-refractivity contribution in [2.24, 2.45) is 7.05 Å². The first kappa shape index (κ1) is 7.23. The highest BCUT2D eigenvalue weighted by atomic mass is 32.1. The van der Waals surface area contributed by atoms with E-state index in [1.165, 1.54) is 0 Å². The summed E-state index contributed by atoms with van der Waals surface area (Å²) in [5, 5.41) is 0. The summed E-state index contributed by atoms with van der Waals surface area (Å²) < 4.78 is 1.94. The Morgan fingerprint density at radius 3 is 3.08 bits per heavy atom. The number of aromatic amines is 2. The van der Waals surface area contributed by atoms with Crippen LogP contribution in [-0.4, -0.2) is 19.5 Å². The molecule has 0 aliphatic rings. The Labute approximate surface area is 72.1 Å². The highest BCUT2D eigenvalue weighted by Gasteiger charge is 2.02. The molecule has 0 fully saturated rings. The topological polar surface area (TPSA) is 66.5 Å². The number of fused-ring (bicyclic) bond motifs is 1. The van der Waals surface area contributed by atoms with E-state index in [0.717, 1.165) is 0 Å². The highest BCUT2D eigenvalue weighted by molar-refractivity contribution is 7.71. The van der Waals surface area contributed by atoms with Crippen molar-refractivity contribution in [2.45, 2.75) is 0 Å². The lowest BCUT2D eigenvalue weighted by atomic mass is 10.5. The van der Waals surface area contributed by atoms with Gasteiger partial charge in [0.15, 0.2) is 15.9 Å². The van der Waals surface area contributed by atoms with Gasteiger partial charge in [-0.05, 0) is 12.2 Å². The first-order chi connectivity index (χ1) is 5.68. The summed E-state index contributed by atoms with van der Waals surface area (Å²) in [6.07, 6.45) is 1.56. The van der Waals surface area contributed by atoms with Crippen LogP contribution in [0.1, 0.15) is 0 Å². The zero-order valence-corrected chi connectivity index (χ0v) is 7.10. The van der Waals surface area contributed by atoms with Crippen molar-refractivity contribution in [3.63, 3.8) is 0 Å². The number of aromatic nitrogens is 4. The summed E-state index contributed by atoms with van der Waals surface area (Å²) in [5.74, 6) is 0. The third-order valence-electron chi connectivity index (χ3n) is 1.61. The molecule has 0 atom stereocenters. The van der Waals surface area contributed by atoms with Crippen LogP contribution in [0.3, 0.4) is 0 Å². The number of hydrogen-bond donors (Lipinski definition) is 2. The van der Waals surface area contributed by atoms with Crippen LogP contribution in [0.25, 0.3) is 11.2 Å². The van der Waals surface area contributed by atoms with Gasteiger partial charge in [-0.25, -0.2) is 4.98 Å². The van der Waals surface area contributed by atoms with E-state index < -0.39 is 0 Å². The summed E-state index contributed by atoms with van der Waals surface area (Å²) in [6, 6.07) is 0. The minimum absolute atomic E-state index is 0.214. The van der Waals surface area contributed by atoms with Gasteiger partial charge in [-0.2, -0.15) is 0 Å². The van der Waals surface area contributed by atoms with E-state index in [0.29, 0.717) is 15.9 Å². The van der Waals surface area contributed by atoms with Crippen LogP contribution >= 0.6 is 12.2 Å². The number of rotatable bonds is 0. The third kappa shape index (κ3) is 0.884. The van der Waals surface area contributed by atoms with Gasteiger partial charge in [-0.3, -0.25) is 9.78 Å². The summed E-state index contributed by atoms with van der Waals surface area (Å²) in [7, 11) is 1.75. The Hall–Kier alpha value is -1.43. The van der Waals surface area contributed by atoms with Crippen LogP contribution in [0.15, 0.2) is 11.1 Å². The molecule has 0 aromatic carbocycles. The van der Waals surface area contributed by atoms with Crippen LogP contribution in [0.2, 0.25) is 0 Å². The molecular formula is C6H6N4OS. The van der Waals surface area contributed by atoms with Gasteiger partial charge in [-0.1, -0.05) is 0 Å². The molecule has 0 unspecified atom stereocenters. The normalized spacial score (nSPS) is 10.8. The van der Waals surface area contributed by atoms with Gasteiger partial charge in [0.05, 0.1) is 6.33 Å². The average Bonchev–Trinajstić information content (AvgIpc) is 2.31. The molecule has 0 saturated carbocycles. The minimum atomic E-state index is -0.214. The number of imidazole rings is 1. The molecule has 2 rings (SSSR count). The molecule has 5 nitrogen and oxygen atoms in total. The van der Waals surface area contributed by atoms with Gasteiger partial charge >= 0.3 is 0 Å². The van der Waals surface area contributed by atoms with Crippen LogP contribution in [-0.2, 0) is 7.05 Å². The average molecular weight is 182 g/mol. The Bertz CT molecular complexity index is 534. The van der Waals surface area contributed by atoms with E-state index in [1.807, 2.05) is 0 Å². The predicted octanol–water partition coefficient (Wildman–Crippen LogP) is 0.319. The van der Waals surface area contributed by atoms with Gasteiger partial charge < -0.3 is 9.55 Å². The fourth-order valence-electron chi connectivity index (χ4n) is 1.09. The molecule has 2 heterocycles. The second kappa shape index (κ2) is 2.28. The molecule has 0 saturated heterocycles. The Balaban J connectivity index is 3.13. The maximum atomic E-state index is 11.3. The summed E-state index contributed by atoms with van der Waals surface area (Å²) in [5.41, 5.74) is 0.809. The lowest BCUT2D eigenvalue weighted by molar-refractivity contribution is 0.937. The quantitative estimate of drug-likeness (QED) is 0.576. The van der Waals surface area contributed by atoms with Crippen molar-refractivity contribution in [1.82, 2.24) is 19.5 Å². The van der Waals surface area contributed by atoms with E-state index >= 15 is 0 Å². The lowest BCUT2D eigenvalue weighted by Gasteiger charge is -1.91. The molecule has 6 heteroatoms. The molecular weight excluding hydrogens is 176 g/mol. The monoisotopic (exact) mass is 182 g/mol. The van der Waals surface area contributed by atoms with Crippen LogP contribution in [0, 0.1) is 4.77 Å². The Kier molecular flexibility index (Phi) is 1.37. The first-order valence-electron chi connectivity index (χ1n) is 3.32. The molecule has 0 aliphatic carbocycles. The molecule has 0 radical (unpaired) electrons. The van der Waals surface area contributed by atoms with Crippen molar-refractivity contribution >= 4 is 23.4 Å². The fourth-order valence-corrected chi connectivity index (χ4v) is 1.28. The first-order valence-corrected chi connectivity index (χ1v) is 3.73. The van der Waals surface area contributed by atoms with Crippen molar-refractivity contribution in [3.05, 3.63) is 21.5 Å². The van der Waals surface area contributed by atoms with Crippen molar-refractivity contribution < 1.29 is 0 Å². The Morgan fingerprint density at radius 1 is 1.58 bits per heavy atom. The number of nitrogens with one attached hydrogen (secondary N) is 2. The minimum Gasteiger partial charge on any atom is -0.328 e. The van der Waals surface area contributed by atoms with Gasteiger partial charge in [0.25, 0.3) is 5.56 Å². The standard InChI is InChI=1S/C6H6N4OS/c1-10-2-7-4-3(10)5(11)9-6(12)8-4/h2H,1H3,(H2,8,9,11,12). The van der Waals surface area contributed by atoms with E-state index in [-0.39, 0.29) is 5.56 Å². The Morgan fingerprint density at radius 2 is 2.33 bits per heavy atom. The summed E-state index contributed by atoms with van der Waals surface area (Å²) in [6.45, 7) is 0. The SMILES string of the molecule is Cn1cnc2[nH]c(=S)[nH]c(=O)c21. The molecule has 12 heavy (non-hydrogen) atoms. The van der Waals surface area contributed by atoms with Gasteiger partial charge in [0.1, 0.15) is 0 Å². The van der Waals surface area contributed by atoms with Crippen LogP contribution in [0.5, 0.6) is 0 Å². The number of aryl methyl sites for hydroxylation is 1. The number of hydrogen-bond acceptors (Lipinski definition) is 3. The van der Waals surface area contributed by atoms with Crippen LogP contribution in [0.4, 0.5) is 0 Å². The summed E-state index contributed by atoms with van der Waals surface area (Å²) >= 11 is 4.78. The van der Waals surface area contributed by atoms with Crippen molar-refractivity contribution in [3.8, 4) is 0 Å². The van der Waals surface area contributed by atoms with E-state index in [2.05, 4.69) is 15.0 Å². The third-order valence-corrected chi connectivity index (χ3v) is 1.82. The molecule has 0 spiro atoms. The summed E-state index contributed by atoms with van der Waals surface area (Å²) in [4.78, 5) is 20.5. The zero-order chi connectivity index (χ0) is 8.72. The second-order valence-electron chi connectivity index (χ2n) is 2.46.